The van der Waals surface area contributed by atoms with Crippen molar-refractivity contribution in [3.63, 3.8) is 0 Å². The third-order valence-electron chi connectivity index (χ3n) is 3.34. The van der Waals surface area contributed by atoms with E-state index in [1.807, 2.05) is 13.8 Å². The first-order valence-electron chi connectivity index (χ1n) is 6.91. The number of nitrogens with zero attached hydrogens (tertiary/aromatic N) is 1. The van der Waals surface area contributed by atoms with E-state index >= 15 is 0 Å². The van der Waals surface area contributed by atoms with E-state index in [0.29, 0.717) is 12.8 Å². The molecule has 0 saturated heterocycles. The fraction of sp³-hybridized carbons (Fsp3) is 0.857. The van der Waals surface area contributed by atoms with Gasteiger partial charge in [-0.25, -0.2) is 9.86 Å². The maximum atomic E-state index is 12.4. The van der Waals surface area contributed by atoms with Crippen molar-refractivity contribution < 1.29 is 19.2 Å². The highest BCUT2D eigenvalue weighted by Crippen LogP contribution is 2.28. The molecule has 0 aliphatic heterocycles. The second kappa shape index (κ2) is 7.47. The molecule has 6 heteroatoms. The summed E-state index contributed by atoms with van der Waals surface area (Å²) < 4.78 is 5.18. The Labute approximate surface area is 121 Å². The number of hydroxylamine groups is 2. The number of rotatable bonds is 6. The number of alkyl carbamates (subject to hydrolysis) is 1. The molecule has 0 atom stereocenters. The van der Waals surface area contributed by atoms with E-state index in [-0.39, 0.29) is 12.5 Å². The van der Waals surface area contributed by atoms with Crippen LogP contribution in [-0.4, -0.2) is 43.4 Å². The molecule has 0 fully saturated rings. The maximum Gasteiger partial charge on any atom is 0.407 e. The molecule has 0 heterocycles. The summed E-state index contributed by atoms with van der Waals surface area (Å²) in [5.74, 6) is -0.152. The molecule has 6 nitrogen and oxygen atoms in total. The van der Waals surface area contributed by atoms with Gasteiger partial charge in [-0.05, 0) is 33.6 Å². The minimum Gasteiger partial charge on any atom is -0.444 e. The van der Waals surface area contributed by atoms with Gasteiger partial charge < -0.3 is 10.1 Å². The molecule has 0 saturated carbocycles. The van der Waals surface area contributed by atoms with Crippen molar-refractivity contribution in [2.45, 2.75) is 53.1 Å². The summed E-state index contributed by atoms with van der Waals surface area (Å²) in [6, 6.07) is 0. The second-order valence-corrected chi connectivity index (χ2v) is 5.83. The monoisotopic (exact) mass is 288 g/mol. The van der Waals surface area contributed by atoms with Crippen LogP contribution in [0.15, 0.2) is 0 Å². The summed E-state index contributed by atoms with van der Waals surface area (Å²) in [6.45, 7) is 9.45. The van der Waals surface area contributed by atoms with Crippen molar-refractivity contribution >= 4 is 12.0 Å². The van der Waals surface area contributed by atoms with Crippen LogP contribution in [0.5, 0.6) is 0 Å². The molecule has 0 aromatic rings. The standard InChI is InChI=1S/C14H28N2O4/c1-8-14(9-2,11(17)16(6)19-7)10-15-12(18)20-13(3,4)5/h8-10H2,1-7H3,(H,15,18). The highest BCUT2D eigenvalue weighted by molar-refractivity contribution is 5.82. The summed E-state index contributed by atoms with van der Waals surface area (Å²) in [6.07, 6.45) is 0.689. The van der Waals surface area contributed by atoms with E-state index in [4.69, 9.17) is 9.57 Å². The fourth-order valence-corrected chi connectivity index (χ4v) is 1.85. The Morgan fingerprint density at radius 3 is 2.00 bits per heavy atom. The lowest BCUT2D eigenvalue weighted by Crippen LogP contribution is -2.48. The van der Waals surface area contributed by atoms with Crippen LogP contribution in [0, 0.1) is 5.41 Å². The Morgan fingerprint density at radius 2 is 1.65 bits per heavy atom. The fourth-order valence-electron chi connectivity index (χ4n) is 1.85. The van der Waals surface area contributed by atoms with Gasteiger partial charge in [-0.15, -0.1) is 0 Å². The molecular weight excluding hydrogens is 260 g/mol. The van der Waals surface area contributed by atoms with E-state index < -0.39 is 17.1 Å². The van der Waals surface area contributed by atoms with Crippen LogP contribution in [0.3, 0.4) is 0 Å². The number of hydrogen-bond donors (Lipinski definition) is 1. The zero-order chi connectivity index (χ0) is 16.0. The topological polar surface area (TPSA) is 67.9 Å². The smallest absolute Gasteiger partial charge is 0.407 e. The van der Waals surface area contributed by atoms with Crippen molar-refractivity contribution in [1.29, 1.82) is 0 Å². The van der Waals surface area contributed by atoms with Crippen LogP contribution >= 0.6 is 0 Å². The van der Waals surface area contributed by atoms with Gasteiger partial charge in [0.25, 0.3) is 5.91 Å². The van der Waals surface area contributed by atoms with Crippen LogP contribution in [-0.2, 0) is 14.4 Å². The van der Waals surface area contributed by atoms with Gasteiger partial charge in [-0.2, -0.15) is 0 Å². The molecule has 0 aromatic carbocycles. The second-order valence-electron chi connectivity index (χ2n) is 5.83. The van der Waals surface area contributed by atoms with Crippen LogP contribution in [0.1, 0.15) is 47.5 Å². The summed E-state index contributed by atoms with van der Waals surface area (Å²) in [5, 5.41) is 3.88. The lowest BCUT2D eigenvalue weighted by atomic mass is 9.81. The first kappa shape index (κ1) is 18.7. The van der Waals surface area contributed by atoms with Gasteiger partial charge in [-0.3, -0.25) is 9.63 Å². The van der Waals surface area contributed by atoms with Crippen LogP contribution < -0.4 is 5.32 Å². The minimum atomic E-state index is -0.679. The molecule has 118 valence electrons. The van der Waals surface area contributed by atoms with E-state index in [0.717, 1.165) is 0 Å². The largest absolute Gasteiger partial charge is 0.444 e. The molecule has 1 N–H and O–H groups in total. The number of hydrogen-bond acceptors (Lipinski definition) is 4. The molecule has 0 aliphatic carbocycles. The molecule has 0 radical (unpaired) electrons. The quantitative estimate of drug-likeness (QED) is 0.762. The number of nitrogens with one attached hydrogen (secondary N) is 1. The number of amides is 2. The maximum absolute atomic E-state index is 12.4. The third-order valence-corrected chi connectivity index (χ3v) is 3.34. The lowest BCUT2D eigenvalue weighted by molar-refractivity contribution is -0.180. The highest BCUT2D eigenvalue weighted by atomic mass is 16.7. The normalized spacial score (nSPS) is 11.9. The third kappa shape index (κ3) is 5.36. The van der Waals surface area contributed by atoms with Crippen molar-refractivity contribution in [3.05, 3.63) is 0 Å². The Morgan fingerprint density at radius 1 is 1.15 bits per heavy atom. The first-order valence-corrected chi connectivity index (χ1v) is 6.91. The first-order chi connectivity index (χ1) is 9.11. The molecule has 0 unspecified atom stereocenters. The molecule has 0 aliphatic rings. The number of ether oxygens (including phenoxy) is 1. The van der Waals surface area contributed by atoms with Gasteiger partial charge in [0.05, 0.1) is 12.5 Å². The van der Waals surface area contributed by atoms with Gasteiger partial charge in [0, 0.05) is 13.6 Å². The van der Waals surface area contributed by atoms with Crippen molar-refractivity contribution in [3.8, 4) is 0 Å². The van der Waals surface area contributed by atoms with Gasteiger partial charge in [0.2, 0.25) is 0 Å². The Hall–Kier alpha value is -1.30. The molecule has 0 aromatic heterocycles. The van der Waals surface area contributed by atoms with Crippen molar-refractivity contribution in [2.75, 3.05) is 20.7 Å². The lowest BCUT2D eigenvalue weighted by Gasteiger charge is -2.33. The molecule has 2 amide bonds. The molecule has 20 heavy (non-hydrogen) atoms. The molecule has 0 bridgehead atoms. The molecule has 0 spiro atoms. The van der Waals surface area contributed by atoms with E-state index in [9.17, 15) is 9.59 Å². The van der Waals surface area contributed by atoms with Crippen LogP contribution in [0.4, 0.5) is 4.79 Å². The van der Waals surface area contributed by atoms with Crippen molar-refractivity contribution in [1.82, 2.24) is 10.4 Å². The Kier molecular flexibility index (Phi) is 6.99. The number of carbonyl (C=O) groups is 2. The van der Waals surface area contributed by atoms with Crippen molar-refractivity contribution in [2.24, 2.45) is 5.41 Å². The van der Waals surface area contributed by atoms with Crippen LogP contribution in [0.2, 0.25) is 0 Å². The summed E-state index contributed by atoms with van der Waals surface area (Å²) in [4.78, 5) is 29.0. The zero-order valence-electron chi connectivity index (χ0n) is 13.7. The van der Waals surface area contributed by atoms with E-state index in [1.165, 1.54) is 12.2 Å². The average Bonchev–Trinajstić information content (AvgIpc) is 2.37. The molecular formula is C14H28N2O4. The zero-order valence-corrected chi connectivity index (χ0v) is 13.7. The summed E-state index contributed by atoms with van der Waals surface area (Å²) in [7, 11) is 3.01. The summed E-state index contributed by atoms with van der Waals surface area (Å²) >= 11 is 0. The van der Waals surface area contributed by atoms with Crippen LogP contribution in [0.25, 0.3) is 0 Å². The Balaban J connectivity index is 4.78. The summed E-state index contributed by atoms with van der Waals surface area (Å²) in [5.41, 5.74) is -1.24. The number of carbonyl (C=O) groups excluding carboxylic acids is 2. The van der Waals surface area contributed by atoms with Gasteiger partial charge in [0.1, 0.15) is 5.60 Å². The van der Waals surface area contributed by atoms with E-state index in [2.05, 4.69) is 5.32 Å². The average molecular weight is 288 g/mol. The van der Waals surface area contributed by atoms with E-state index in [1.54, 1.807) is 27.8 Å². The predicted molar refractivity (Wildman–Crippen MR) is 77.0 cm³/mol. The van der Waals surface area contributed by atoms with Gasteiger partial charge in [0.15, 0.2) is 0 Å². The highest BCUT2D eigenvalue weighted by Gasteiger charge is 2.38. The predicted octanol–water partition coefficient (Wildman–Crippen LogP) is 2.34. The van der Waals surface area contributed by atoms with Gasteiger partial charge >= 0.3 is 6.09 Å². The van der Waals surface area contributed by atoms with Gasteiger partial charge in [-0.1, -0.05) is 13.8 Å². The molecule has 0 rings (SSSR count). The minimum absolute atomic E-state index is 0.152. The SMILES string of the molecule is CCC(CC)(CNC(=O)OC(C)(C)C)C(=O)N(C)OC. The Bertz CT molecular complexity index is 333.